The molecule has 0 saturated heterocycles. The molecule has 0 aromatic heterocycles. The monoisotopic (exact) mass is 291 g/mol. The van der Waals surface area contributed by atoms with E-state index in [0.29, 0.717) is 17.9 Å². The third-order valence-electron chi connectivity index (χ3n) is 3.94. The van der Waals surface area contributed by atoms with E-state index >= 15 is 0 Å². The zero-order valence-electron chi connectivity index (χ0n) is 13.5. The number of amides is 1. The van der Waals surface area contributed by atoms with Gasteiger partial charge in [-0.25, -0.2) is 0 Å². The smallest absolute Gasteiger partial charge is 0.257 e. The number of nitrogens with one attached hydrogen (secondary N) is 1. The van der Waals surface area contributed by atoms with Crippen molar-refractivity contribution in [3.05, 3.63) is 23.8 Å². The molecule has 1 N–H and O–H groups in total. The summed E-state index contributed by atoms with van der Waals surface area (Å²) in [7, 11) is 7.70. The summed E-state index contributed by atoms with van der Waals surface area (Å²) >= 11 is 0. The summed E-state index contributed by atoms with van der Waals surface area (Å²) in [4.78, 5) is 16.4. The summed E-state index contributed by atoms with van der Waals surface area (Å²) in [5.41, 5.74) is 1.63. The molecule has 1 aromatic carbocycles. The van der Waals surface area contributed by atoms with Crippen LogP contribution >= 0.6 is 0 Å². The van der Waals surface area contributed by atoms with Gasteiger partial charge in [0.2, 0.25) is 0 Å². The minimum absolute atomic E-state index is 0.0171. The molecule has 1 amide bonds. The number of hydrogen-bond acceptors (Lipinski definition) is 4. The highest BCUT2D eigenvalue weighted by Gasteiger charge is 2.28. The van der Waals surface area contributed by atoms with Crippen LogP contribution in [0.5, 0.6) is 5.75 Å². The van der Waals surface area contributed by atoms with Gasteiger partial charge in [-0.2, -0.15) is 0 Å². The second-order valence-corrected chi connectivity index (χ2v) is 5.95. The van der Waals surface area contributed by atoms with Crippen molar-refractivity contribution in [2.24, 2.45) is 5.92 Å². The van der Waals surface area contributed by atoms with Crippen LogP contribution in [0.1, 0.15) is 17.3 Å². The predicted octanol–water partition coefficient (Wildman–Crippen LogP) is 1.44. The number of nitrogens with zero attached hydrogens (tertiary/aromatic N) is 2. The maximum atomic E-state index is 12.6. The lowest BCUT2D eigenvalue weighted by Crippen LogP contribution is -2.44. The molecule has 0 radical (unpaired) electrons. The number of anilines is 1. The zero-order valence-corrected chi connectivity index (χ0v) is 13.5. The van der Waals surface area contributed by atoms with Crippen LogP contribution < -0.4 is 15.0 Å². The number of carbonyl (C=O) groups excluding carboxylic acids is 1. The highest BCUT2D eigenvalue weighted by atomic mass is 16.5. The Balaban J connectivity index is 2.43. The molecule has 1 aliphatic heterocycles. The topological polar surface area (TPSA) is 44.8 Å². The van der Waals surface area contributed by atoms with Crippen molar-refractivity contribution in [1.29, 1.82) is 0 Å². The van der Waals surface area contributed by atoms with E-state index in [9.17, 15) is 4.79 Å². The highest BCUT2D eigenvalue weighted by molar-refractivity contribution is 5.98. The van der Waals surface area contributed by atoms with Gasteiger partial charge in [-0.3, -0.25) is 4.79 Å². The van der Waals surface area contributed by atoms with Gasteiger partial charge in [-0.15, -0.1) is 0 Å². The van der Waals surface area contributed by atoms with Crippen LogP contribution in [0.25, 0.3) is 0 Å². The van der Waals surface area contributed by atoms with E-state index in [1.54, 1.807) is 4.90 Å². The Morgan fingerprint density at radius 3 is 2.76 bits per heavy atom. The van der Waals surface area contributed by atoms with Crippen LogP contribution in [0.3, 0.4) is 0 Å². The Morgan fingerprint density at radius 2 is 2.14 bits per heavy atom. The summed E-state index contributed by atoms with van der Waals surface area (Å²) in [5.74, 6) is 0.959. The summed E-state index contributed by atoms with van der Waals surface area (Å²) < 4.78 is 6.11. The number of hydrogen-bond donors (Lipinski definition) is 1. The SMILES string of the molecule is CNC[C@H]1Oc2ccc(N(C)C)cc2C(=O)N(C)C[C@H]1C. The van der Waals surface area contributed by atoms with Crippen molar-refractivity contribution in [2.75, 3.05) is 46.2 Å². The molecule has 0 aliphatic carbocycles. The van der Waals surface area contributed by atoms with Crippen molar-refractivity contribution in [3.63, 3.8) is 0 Å². The summed E-state index contributed by atoms with van der Waals surface area (Å²) in [6, 6.07) is 5.78. The molecule has 1 heterocycles. The van der Waals surface area contributed by atoms with E-state index in [0.717, 1.165) is 12.2 Å². The molecule has 0 unspecified atom stereocenters. The largest absolute Gasteiger partial charge is 0.488 e. The van der Waals surface area contributed by atoms with Crippen LogP contribution in [-0.2, 0) is 0 Å². The Kier molecular flexibility index (Phi) is 4.73. The van der Waals surface area contributed by atoms with Crippen molar-refractivity contribution >= 4 is 11.6 Å². The molecule has 21 heavy (non-hydrogen) atoms. The maximum Gasteiger partial charge on any atom is 0.257 e. The lowest BCUT2D eigenvalue weighted by Gasteiger charge is -2.33. The van der Waals surface area contributed by atoms with Crippen LogP contribution in [-0.4, -0.2) is 58.2 Å². The lowest BCUT2D eigenvalue weighted by atomic mass is 10.0. The Bertz CT molecular complexity index is 516. The van der Waals surface area contributed by atoms with E-state index in [1.165, 1.54) is 0 Å². The van der Waals surface area contributed by atoms with Gasteiger partial charge in [-0.05, 0) is 25.2 Å². The second kappa shape index (κ2) is 6.35. The van der Waals surface area contributed by atoms with E-state index in [4.69, 9.17) is 4.74 Å². The Morgan fingerprint density at radius 1 is 1.43 bits per heavy atom. The molecular weight excluding hydrogens is 266 g/mol. The quantitative estimate of drug-likeness (QED) is 0.915. The fraction of sp³-hybridized carbons (Fsp3) is 0.562. The predicted molar refractivity (Wildman–Crippen MR) is 85.2 cm³/mol. The zero-order chi connectivity index (χ0) is 15.6. The van der Waals surface area contributed by atoms with E-state index < -0.39 is 0 Å². The average molecular weight is 291 g/mol. The molecule has 0 bridgehead atoms. The number of likely N-dealkylation sites (N-methyl/N-ethyl adjacent to an activating group) is 1. The standard InChI is InChI=1S/C16H25N3O2/c1-11-10-19(5)16(20)13-8-12(18(3)4)6-7-14(13)21-15(11)9-17-2/h6-8,11,15,17H,9-10H2,1-5H3/t11-,15-/m1/s1. The molecule has 1 aromatic rings. The minimum Gasteiger partial charge on any atom is -0.488 e. The lowest BCUT2D eigenvalue weighted by molar-refractivity contribution is 0.0637. The third-order valence-corrected chi connectivity index (χ3v) is 3.94. The van der Waals surface area contributed by atoms with Gasteiger partial charge in [-0.1, -0.05) is 6.92 Å². The Labute approximate surface area is 126 Å². The molecule has 0 spiro atoms. The molecule has 2 rings (SSSR count). The summed E-state index contributed by atoms with van der Waals surface area (Å²) in [5, 5.41) is 3.17. The molecule has 0 fully saturated rings. The van der Waals surface area contributed by atoms with Gasteiger partial charge in [0.15, 0.2) is 0 Å². The number of benzene rings is 1. The van der Waals surface area contributed by atoms with Gasteiger partial charge in [0.1, 0.15) is 11.9 Å². The molecule has 5 nitrogen and oxygen atoms in total. The first-order valence-corrected chi connectivity index (χ1v) is 7.32. The average Bonchev–Trinajstić information content (AvgIpc) is 2.45. The van der Waals surface area contributed by atoms with Gasteiger partial charge in [0.25, 0.3) is 5.91 Å². The first-order chi connectivity index (χ1) is 9.93. The molecule has 0 saturated carbocycles. The third kappa shape index (κ3) is 3.29. The first-order valence-electron chi connectivity index (χ1n) is 7.32. The molecule has 1 aliphatic rings. The number of fused-ring (bicyclic) bond motifs is 1. The van der Waals surface area contributed by atoms with Crippen molar-refractivity contribution < 1.29 is 9.53 Å². The van der Waals surface area contributed by atoms with Crippen molar-refractivity contribution in [1.82, 2.24) is 10.2 Å². The van der Waals surface area contributed by atoms with Crippen LogP contribution in [0, 0.1) is 5.92 Å². The maximum absolute atomic E-state index is 12.6. The number of rotatable bonds is 3. The van der Waals surface area contributed by atoms with Gasteiger partial charge >= 0.3 is 0 Å². The molecule has 2 atom stereocenters. The van der Waals surface area contributed by atoms with Crippen molar-refractivity contribution in [2.45, 2.75) is 13.0 Å². The fourth-order valence-corrected chi connectivity index (χ4v) is 2.63. The molecular formula is C16H25N3O2. The number of carbonyl (C=O) groups is 1. The van der Waals surface area contributed by atoms with Gasteiger partial charge in [0, 0.05) is 45.8 Å². The summed E-state index contributed by atoms with van der Waals surface area (Å²) in [6.07, 6.45) is 0.0505. The van der Waals surface area contributed by atoms with E-state index in [2.05, 4.69) is 12.2 Å². The number of ether oxygens (including phenoxy) is 1. The normalized spacial score (nSPS) is 22.1. The highest BCUT2D eigenvalue weighted by Crippen LogP contribution is 2.29. The molecule has 116 valence electrons. The van der Waals surface area contributed by atoms with Gasteiger partial charge < -0.3 is 19.9 Å². The van der Waals surface area contributed by atoms with Crippen LogP contribution in [0.2, 0.25) is 0 Å². The van der Waals surface area contributed by atoms with Crippen LogP contribution in [0.4, 0.5) is 5.69 Å². The molecule has 5 heteroatoms. The first kappa shape index (κ1) is 15.6. The second-order valence-electron chi connectivity index (χ2n) is 5.95. The van der Waals surface area contributed by atoms with Gasteiger partial charge in [0.05, 0.1) is 5.56 Å². The van der Waals surface area contributed by atoms with Crippen LogP contribution in [0.15, 0.2) is 18.2 Å². The summed E-state index contributed by atoms with van der Waals surface area (Å²) in [6.45, 7) is 3.57. The fourth-order valence-electron chi connectivity index (χ4n) is 2.63. The Hall–Kier alpha value is -1.75. The van der Waals surface area contributed by atoms with E-state index in [1.807, 2.05) is 51.3 Å². The van der Waals surface area contributed by atoms with Crippen molar-refractivity contribution in [3.8, 4) is 5.75 Å². The van der Waals surface area contributed by atoms with E-state index in [-0.39, 0.29) is 17.9 Å². The minimum atomic E-state index is 0.0171.